The van der Waals surface area contributed by atoms with Crippen LogP contribution in [0.25, 0.3) is 0 Å². The molecule has 0 aliphatic carbocycles. The number of nitrogens with zero attached hydrogens (tertiary/aromatic N) is 1. The summed E-state index contributed by atoms with van der Waals surface area (Å²) in [5.74, 6) is 0. The summed E-state index contributed by atoms with van der Waals surface area (Å²) in [6.07, 6.45) is 6.59. The first-order valence-corrected chi connectivity index (χ1v) is 9.26. The van der Waals surface area contributed by atoms with Crippen LogP contribution < -0.4 is 5.32 Å². The van der Waals surface area contributed by atoms with E-state index in [1.54, 1.807) is 0 Å². The van der Waals surface area contributed by atoms with Crippen molar-refractivity contribution in [2.24, 2.45) is 0 Å². The Labute approximate surface area is 138 Å². The highest BCUT2D eigenvalue weighted by Crippen LogP contribution is 2.25. The van der Waals surface area contributed by atoms with E-state index in [0.29, 0.717) is 0 Å². The quantitative estimate of drug-likeness (QED) is 0.714. The molecule has 0 aromatic heterocycles. The van der Waals surface area contributed by atoms with Gasteiger partial charge in [-0.15, -0.1) is 0 Å². The lowest BCUT2D eigenvalue weighted by Crippen LogP contribution is -2.38. The first-order chi connectivity index (χ1) is 10.2. The van der Waals surface area contributed by atoms with Gasteiger partial charge < -0.3 is 5.32 Å². The van der Waals surface area contributed by atoms with Gasteiger partial charge >= 0.3 is 0 Å². The van der Waals surface area contributed by atoms with E-state index in [4.69, 9.17) is 0 Å². The minimum absolute atomic E-state index is 0.775. The lowest BCUT2D eigenvalue weighted by molar-refractivity contribution is 0.136. The van der Waals surface area contributed by atoms with Crippen molar-refractivity contribution in [3.05, 3.63) is 33.8 Å². The van der Waals surface area contributed by atoms with Gasteiger partial charge in [-0.3, -0.25) is 4.90 Å². The lowest BCUT2D eigenvalue weighted by Gasteiger charge is -2.35. The molecular formula is C18H29BrN2. The summed E-state index contributed by atoms with van der Waals surface area (Å²) in [5, 5.41) is 3.46. The summed E-state index contributed by atoms with van der Waals surface area (Å²) >= 11 is 3.77. The van der Waals surface area contributed by atoms with Crippen molar-refractivity contribution in [1.29, 1.82) is 0 Å². The number of rotatable bonds is 7. The smallest absolute Gasteiger partial charge is 0.0247 e. The molecule has 0 radical (unpaired) electrons. The standard InChI is InChI=1S/C18H29BrN2/c1-3-10-20-13-15-8-9-16(18(19)12-15)14-21-11-6-5-7-17(21)4-2/h8-9,12,17,20H,3-7,10-11,13-14H2,1-2H3. The van der Waals surface area contributed by atoms with E-state index >= 15 is 0 Å². The van der Waals surface area contributed by atoms with Crippen molar-refractivity contribution in [3.8, 4) is 0 Å². The van der Waals surface area contributed by atoms with Crippen LogP contribution in [0.5, 0.6) is 0 Å². The van der Waals surface area contributed by atoms with Crippen LogP contribution >= 0.6 is 15.9 Å². The fourth-order valence-electron chi connectivity index (χ4n) is 3.19. The maximum atomic E-state index is 3.77. The van der Waals surface area contributed by atoms with Crippen molar-refractivity contribution in [3.63, 3.8) is 0 Å². The molecule has 1 heterocycles. The Morgan fingerprint density at radius 3 is 2.86 bits per heavy atom. The lowest BCUT2D eigenvalue weighted by atomic mass is 9.99. The molecule has 0 saturated carbocycles. The van der Waals surface area contributed by atoms with Crippen LogP contribution in [0.1, 0.15) is 57.1 Å². The van der Waals surface area contributed by atoms with Crippen molar-refractivity contribution in [1.82, 2.24) is 10.2 Å². The van der Waals surface area contributed by atoms with Gasteiger partial charge in [0, 0.05) is 23.6 Å². The molecule has 2 rings (SSSR count). The Morgan fingerprint density at radius 1 is 1.29 bits per heavy atom. The second kappa shape index (κ2) is 8.92. The first kappa shape index (κ1) is 17.0. The molecule has 1 atom stereocenters. The highest BCUT2D eigenvalue weighted by molar-refractivity contribution is 9.10. The summed E-state index contributed by atoms with van der Waals surface area (Å²) in [5.41, 5.74) is 2.79. The number of hydrogen-bond donors (Lipinski definition) is 1. The van der Waals surface area contributed by atoms with E-state index in [0.717, 1.165) is 25.7 Å². The number of nitrogens with one attached hydrogen (secondary N) is 1. The van der Waals surface area contributed by atoms with Crippen molar-refractivity contribution >= 4 is 15.9 Å². The molecule has 1 unspecified atom stereocenters. The Kier molecular flexibility index (Phi) is 7.21. The average Bonchev–Trinajstić information content (AvgIpc) is 2.50. The third kappa shape index (κ3) is 5.08. The van der Waals surface area contributed by atoms with Crippen LogP contribution in [-0.4, -0.2) is 24.0 Å². The number of benzene rings is 1. The molecule has 1 aromatic rings. The summed E-state index contributed by atoms with van der Waals surface area (Å²) in [6, 6.07) is 7.63. The minimum atomic E-state index is 0.775. The molecule has 1 fully saturated rings. The Morgan fingerprint density at radius 2 is 2.14 bits per heavy atom. The van der Waals surface area contributed by atoms with Gasteiger partial charge in [-0.2, -0.15) is 0 Å². The van der Waals surface area contributed by atoms with Crippen molar-refractivity contribution < 1.29 is 0 Å². The molecule has 1 aliphatic heterocycles. The molecule has 1 saturated heterocycles. The van der Waals surface area contributed by atoms with Crippen LogP contribution in [0.4, 0.5) is 0 Å². The first-order valence-electron chi connectivity index (χ1n) is 8.46. The Balaban J connectivity index is 1.96. The largest absolute Gasteiger partial charge is 0.313 e. The molecule has 1 aliphatic rings. The van der Waals surface area contributed by atoms with Gasteiger partial charge in [0.15, 0.2) is 0 Å². The predicted molar refractivity (Wildman–Crippen MR) is 94.5 cm³/mol. The molecule has 1 aromatic carbocycles. The van der Waals surface area contributed by atoms with Gasteiger partial charge in [-0.05, 0) is 56.0 Å². The van der Waals surface area contributed by atoms with Gasteiger partial charge in [0.2, 0.25) is 0 Å². The average molecular weight is 353 g/mol. The zero-order chi connectivity index (χ0) is 15.1. The molecule has 0 bridgehead atoms. The normalized spacial score (nSPS) is 19.9. The van der Waals surface area contributed by atoms with Gasteiger partial charge in [-0.25, -0.2) is 0 Å². The number of hydrogen-bond acceptors (Lipinski definition) is 2. The van der Waals surface area contributed by atoms with E-state index in [1.165, 1.54) is 54.2 Å². The number of halogens is 1. The second-order valence-corrected chi connectivity index (χ2v) is 6.99. The van der Waals surface area contributed by atoms with Gasteiger partial charge in [-0.1, -0.05) is 48.3 Å². The van der Waals surface area contributed by atoms with Crippen LogP contribution in [-0.2, 0) is 13.1 Å². The molecule has 0 spiro atoms. The molecule has 3 heteroatoms. The van der Waals surface area contributed by atoms with Crippen LogP contribution in [0.3, 0.4) is 0 Å². The van der Waals surface area contributed by atoms with E-state index in [2.05, 4.69) is 58.2 Å². The van der Waals surface area contributed by atoms with E-state index < -0.39 is 0 Å². The van der Waals surface area contributed by atoms with E-state index in [-0.39, 0.29) is 0 Å². The topological polar surface area (TPSA) is 15.3 Å². The van der Waals surface area contributed by atoms with Crippen LogP contribution in [0, 0.1) is 0 Å². The molecular weight excluding hydrogens is 324 g/mol. The minimum Gasteiger partial charge on any atom is -0.313 e. The summed E-state index contributed by atoms with van der Waals surface area (Å²) < 4.78 is 1.26. The highest BCUT2D eigenvalue weighted by atomic mass is 79.9. The fourth-order valence-corrected chi connectivity index (χ4v) is 3.74. The Bertz CT molecular complexity index is 433. The second-order valence-electron chi connectivity index (χ2n) is 6.13. The summed E-state index contributed by atoms with van der Waals surface area (Å²) in [4.78, 5) is 2.67. The summed E-state index contributed by atoms with van der Waals surface area (Å²) in [6.45, 7) is 8.92. The molecule has 21 heavy (non-hydrogen) atoms. The zero-order valence-corrected chi connectivity index (χ0v) is 15.1. The van der Waals surface area contributed by atoms with Crippen molar-refractivity contribution in [2.75, 3.05) is 13.1 Å². The third-order valence-electron chi connectivity index (χ3n) is 4.47. The third-order valence-corrected chi connectivity index (χ3v) is 5.21. The van der Waals surface area contributed by atoms with Gasteiger partial charge in [0.1, 0.15) is 0 Å². The maximum absolute atomic E-state index is 3.77. The van der Waals surface area contributed by atoms with E-state index in [1.807, 2.05) is 0 Å². The van der Waals surface area contributed by atoms with Crippen molar-refractivity contribution in [2.45, 2.75) is 65.1 Å². The number of likely N-dealkylation sites (tertiary alicyclic amines) is 1. The van der Waals surface area contributed by atoms with E-state index in [9.17, 15) is 0 Å². The Hall–Kier alpha value is -0.380. The van der Waals surface area contributed by atoms with Crippen LogP contribution in [0.15, 0.2) is 22.7 Å². The summed E-state index contributed by atoms with van der Waals surface area (Å²) in [7, 11) is 0. The number of piperidine rings is 1. The predicted octanol–water partition coefficient (Wildman–Crippen LogP) is 4.71. The molecule has 1 N–H and O–H groups in total. The molecule has 118 valence electrons. The van der Waals surface area contributed by atoms with Crippen LogP contribution in [0.2, 0.25) is 0 Å². The fraction of sp³-hybridized carbons (Fsp3) is 0.667. The molecule has 0 amide bonds. The monoisotopic (exact) mass is 352 g/mol. The van der Waals surface area contributed by atoms with Gasteiger partial charge in [0.25, 0.3) is 0 Å². The highest BCUT2D eigenvalue weighted by Gasteiger charge is 2.21. The molecule has 2 nitrogen and oxygen atoms in total. The SMILES string of the molecule is CCCNCc1ccc(CN2CCCCC2CC)c(Br)c1. The zero-order valence-electron chi connectivity index (χ0n) is 13.5. The maximum Gasteiger partial charge on any atom is 0.0247 e. The van der Waals surface area contributed by atoms with Gasteiger partial charge in [0.05, 0.1) is 0 Å².